The number of hydrogen-bond acceptors (Lipinski definition) is 3. The third kappa shape index (κ3) is 3.71. The topological polar surface area (TPSA) is 64.2 Å². The zero-order chi connectivity index (χ0) is 18.2. The van der Waals surface area contributed by atoms with Crippen molar-refractivity contribution in [1.29, 1.82) is 0 Å². The summed E-state index contributed by atoms with van der Waals surface area (Å²) in [5.74, 6) is -0.177. The van der Waals surface area contributed by atoms with Gasteiger partial charge in [-0.3, -0.25) is 4.79 Å². The van der Waals surface area contributed by atoms with E-state index in [1.165, 1.54) is 23.0 Å². The van der Waals surface area contributed by atoms with Gasteiger partial charge < -0.3 is 10.6 Å². The lowest BCUT2D eigenvalue weighted by molar-refractivity contribution is -0.137. The van der Waals surface area contributed by atoms with E-state index in [1.807, 2.05) is 0 Å². The van der Waals surface area contributed by atoms with Crippen molar-refractivity contribution in [3.05, 3.63) is 47.3 Å². The summed E-state index contributed by atoms with van der Waals surface area (Å²) < 4.78 is 40.1. The molecular formula is C17H20ClF3N4O. The summed E-state index contributed by atoms with van der Waals surface area (Å²) in [6.45, 7) is 2.70. The summed E-state index contributed by atoms with van der Waals surface area (Å²) in [6, 6.07) is 4.88. The van der Waals surface area contributed by atoms with Crippen LogP contribution in [0.5, 0.6) is 0 Å². The van der Waals surface area contributed by atoms with Crippen LogP contribution >= 0.6 is 12.4 Å². The molecule has 1 aliphatic heterocycles. The Kier molecular flexibility index (Phi) is 5.98. The molecule has 1 atom stereocenters. The molecule has 1 aromatic carbocycles. The predicted molar refractivity (Wildman–Crippen MR) is 93.7 cm³/mol. The molecule has 5 nitrogen and oxygen atoms in total. The van der Waals surface area contributed by atoms with Gasteiger partial charge >= 0.3 is 6.18 Å². The number of benzene rings is 1. The van der Waals surface area contributed by atoms with Crippen LogP contribution in [0, 0.1) is 6.92 Å². The van der Waals surface area contributed by atoms with Gasteiger partial charge in [-0.1, -0.05) is 6.07 Å². The lowest BCUT2D eigenvalue weighted by Gasteiger charge is -2.23. The lowest BCUT2D eigenvalue weighted by Crippen LogP contribution is -2.40. The molecule has 0 bridgehead atoms. The van der Waals surface area contributed by atoms with Gasteiger partial charge in [0, 0.05) is 19.1 Å². The SMILES string of the molecule is Cc1c(C(=O)N2CCCC2CN)cnn1-c1cccc(C(F)(F)F)c1.Cl. The molecule has 9 heteroatoms. The molecular weight excluding hydrogens is 369 g/mol. The number of rotatable bonds is 3. The minimum Gasteiger partial charge on any atom is -0.334 e. The zero-order valence-electron chi connectivity index (χ0n) is 14.2. The van der Waals surface area contributed by atoms with Gasteiger partial charge in [0.25, 0.3) is 5.91 Å². The van der Waals surface area contributed by atoms with E-state index in [4.69, 9.17) is 5.73 Å². The number of alkyl halides is 3. The molecule has 1 fully saturated rings. The number of nitrogens with zero attached hydrogens (tertiary/aromatic N) is 3. The van der Waals surface area contributed by atoms with Gasteiger partial charge in [0.15, 0.2) is 0 Å². The number of halogens is 4. The van der Waals surface area contributed by atoms with Gasteiger partial charge in [-0.2, -0.15) is 18.3 Å². The first-order valence-electron chi connectivity index (χ1n) is 8.06. The Morgan fingerprint density at radius 1 is 1.38 bits per heavy atom. The summed E-state index contributed by atoms with van der Waals surface area (Å²) in [5, 5.41) is 4.12. The molecule has 0 spiro atoms. The molecule has 1 unspecified atom stereocenters. The number of likely N-dealkylation sites (tertiary alicyclic amines) is 1. The Hall–Kier alpha value is -2.06. The van der Waals surface area contributed by atoms with Crippen LogP contribution in [0.4, 0.5) is 13.2 Å². The van der Waals surface area contributed by atoms with Crippen LogP contribution in [-0.2, 0) is 6.18 Å². The maximum absolute atomic E-state index is 12.9. The van der Waals surface area contributed by atoms with Gasteiger partial charge in [0.05, 0.1) is 28.7 Å². The van der Waals surface area contributed by atoms with Crippen molar-refractivity contribution in [2.24, 2.45) is 5.73 Å². The molecule has 0 radical (unpaired) electrons. The average molecular weight is 389 g/mol. The largest absolute Gasteiger partial charge is 0.416 e. The molecule has 1 aliphatic rings. The number of nitrogens with two attached hydrogens (primary N) is 1. The molecule has 1 aromatic heterocycles. The second-order valence-electron chi connectivity index (χ2n) is 6.13. The second kappa shape index (κ2) is 7.67. The number of carbonyl (C=O) groups is 1. The molecule has 0 aliphatic carbocycles. The van der Waals surface area contributed by atoms with E-state index in [0.29, 0.717) is 24.3 Å². The van der Waals surface area contributed by atoms with Crippen LogP contribution in [0.25, 0.3) is 5.69 Å². The number of hydrogen-bond donors (Lipinski definition) is 1. The maximum atomic E-state index is 12.9. The first kappa shape index (κ1) is 20.3. The van der Waals surface area contributed by atoms with Crippen LogP contribution in [0.3, 0.4) is 0 Å². The standard InChI is InChI=1S/C17H19F3N4O.ClH/c1-11-15(16(25)23-7-3-6-14(23)9-21)10-22-24(11)13-5-2-4-12(8-13)17(18,19)20;/h2,4-5,8,10,14H,3,6-7,9,21H2,1H3;1H. The van der Waals surface area contributed by atoms with Gasteiger partial charge in [-0.15, -0.1) is 12.4 Å². The van der Waals surface area contributed by atoms with Crippen molar-refractivity contribution >= 4 is 18.3 Å². The zero-order valence-corrected chi connectivity index (χ0v) is 15.0. The van der Waals surface area contributed by atoms with Gasteiger partial charge in [0.2, 0.25) is 0 Å². The molecule has 2 N–H and O–H groups in total. The Morgan fingerprint density at radius 2 is 2.12 bits per heavy atom. The van der Waals surface area contributed by atoms with Gasteiger partial charge in [-0.05, 0) is 38.0 Å². The minimum absolute atomic E-state index is 0. The van der Waals surface area contributed by atoms with Crippen LogP contribution in [0.1, 0.15) is 34.5 Å². The predicted octanol–water partition coefficient (Wildman–Crippen LogP) is 3.18. The first-order valence-corrected chi connectivity index (χ1v) is 8.06. The van der Waals surface area contributed by atoms with Gasteiger partial charge in [-0.25, -0.2) is 4.68 Å². The lowest BCUT2D eigenvalue weighted by atomic mass is 10.1. The normalized spacial score (nSPS) is 17.3. The van der Waals surface area contributed by atoms with E-state index in [0.717, 1.165) is 25.0 Å². The molecule has 1 saturated heterocycles. The Balaban J connectivity index is 0.00000243. The highest BCUT2D eigenvalue weighted by atomic mass is 35.5. The third-order valence-electron chi connectivity index (χ3n) is 4.57. The molecule has 2 aromatic rings. The van der Waals surface area contributed by atoms with E-state index < -0.39 is 11.7 Å². The molecule has 2 heterocycles. The Morgan fingerprint density at radius 3 is 2.77 bits per heavy atom. The van der Waals surface area contributed by atoms with Crippen LogP contribution in [-0.4, -0.2) is 39.7 Å². The smallest absolute Gasteiger partial charge is 0.334 e. The maximum Gasteiger partial charge on any atom is 0.416 e. The summed E-state index contributed by atoms with van der Waals surface area (Å²) >= 11 is 0. The average Bonchev–Trinajstić information content (AvgIpc) is 3.20. The van der Waals surface area contributed by atoms with E-state index in [-0.39, 0.29) is 30.0 Å². The summed E-state index contributed by atoms with van der Waals surface area (Å²) in [5.41, 5.74) is 6.12. The van der Waals surface area contributed by atoms with Gasteiger partial charge in [0.1, 0.15) is 0 Å². The minimum atomic E-state index is -4.43. The van der Waals surface area contributed by atoms with E-state index in [2.05, 4.69) is 5.10 Å². The van der Waals surface area contributed by atoms with Crippen molar-refractivity contribution in [2.75, 3.05) is 13.1 Å². The highest BCUT2D eigenvalue weighted by Crippen LogP contribution is 2.30. The fraction of sp³-hybridized carbons (Fsp3) is 0.412. The molecule has 142 valence electrons. The molecule has 3 rings (SSSR count). The molecule has 0 saturated carbocycles. The van der Waals surface area contributed by atoms with Crippen molar-refractivity contribution in [2.45, 2.75) is 32.0 Å². The monoisotopic (exact) mass is 388 g/mol. The first-order chi connectivity index (χ1) is 11.8. The molecule has 26 heavy (non-hydrogen) atoms. The highest BCUT2D eigenvalue weighted by Gasteiger charge is 2.32. The summed E-state index contributed by atoms with van der Waals surface area (Å²) in [7, 11) is 0. The highest BCUT2D eigenvalue weighted by molar-refractivity contribution is 5.95. The van der Waals surface area contributed by atoms with E-state index >= 15 is 0 Å². The second-order valence-corrected chi connectivity index (χ2v) is 6.13. The number of aromatic nitrogens is 2. The Labute approximate surface area is 155 Å². The third-order valence-corrected chi connectivity index (χ3v) is 4.57. The van der Waals surface area contributed by atoms with Crippen LogP contribution in [0.15, 0.2) is 30.5 Å². The number of carbonyl (C=O) groups excluding carboxylic acids is 1. The molecule has 1 amide bonds. The van der Waals surface area contributed by atoms with Crippen molar-refractivity contribution < 1.29 is 18.0 Å². The Bertz CT molecular complexity index is 791. The van der Waals surface area contributed by atoms with E-state index in [1.54, 1.807) is 11.8 Å². The van der Waals surface area contributed by atoms with Crippen molar-refractivity contribution in [1.82, 2.24) is 14.7 Å². The van der Waals surface area contributed by atoms with E-state index in [9.17, 15) is 18.0 Å². The van der Waals surface area contributed by atoms with Crippen molar-refractivity contribution in [3.63, 3.8) is 0 Å². The number of amides is 1. The fourth-order valence-corrected chi connectivity index (χ4v) is 3.20. The van der Waals surface area contributed by atoms with Crippen molar-refractivity contribution in [3.8, 4) is 5.69 Å². The fourth-order valence-electron chi connectivity index (χ4n) is 3.20. The quantitative estimate of drug-likeness (QED) is 0.878. The summed E-state index contributed by atoms with van der Waals surface area (Å²) in [6.07, 6.45) is -1.26. The summed E-state index contributed by atoms with van der Waals surface area (Å²) in [4.78, 5) is 14.5. The van der Waals surface area contributed by atoms with Crippen LogP contribution in [0.2, 0.25) is 0 Å². The van der Waals surface area contributed by atoms with Crippen LogP contribution < -0.4 is 5.73 Å².